The van der Waals surface area contributed by atoms with Crippen LogP contribution in [0.1, 0.15) is 55.5 Å². The van der Waals surface area contributed by atoms with Crippen LogP contribution >= 0.6 is 0 Å². The third kappa shape index (κ3) is 5.56. The number of benzene rings is 1. The van der Waals surface area contributed by atoms with Gasteiger partial charge in [0.05, 0.1) is 10.6 Å². The molecule has 0 heterocycles. The van der Waals surface area contributed by atoms with Gasteiger partial charge in [-0.2, -0.15) is 0 Å². The highest BCUT2D eigenvalue weighted by Crippen LogP contribution is 2.25. The summed E-state index contributed by atoms with van der Waals surface area (Å²) in [4.78, 5) is 31.9. The molecule has 23 heavy (non-hydrogen) atoms. The zero-order chi connectivity index (χ0) is 16.7. The van der Waals surface area contributed by atoms with Crippen LogP contribution < -0.4 is 0 Å². The number of carbonyl (C=O) groups is 2. The minimum Gasteiger partial charge on any atom is -0.429 e. The van der Waals surface area contributed by atoms with Gasteiger partial charge < -0.3 is 4.74 Å². The van der Waals surface area contributed by atoms with Gasteiger partial charge in [0.15, 0.2) is 0 Å². The predicted molar refractivity (Wildman–Crippen MR) is 81.3 cm³/mol. The first-order valence-electron chi connectivity index (χ1n) is 7.93. The SMILES string of the molecule is CCc1ccc(C(=O)OOOC(=O)OC2CCCC(C)C2)cc1. The van der Waals surface area contributed by atoms with Gasteiger partial charge in [-0.05, 0) is 49.3 Å². The Balaban J connectivity index is 1.69. The summed E-state index contributed by atoms with van der Waals surface area (Å²) >= 11 is 0. The highest BCUT2D eigenvalue weighted by molar-refractivity contribution is 5.88. The molecular weight excluding hydrogens is 300 g/mol. The van der Waals surface area contributed by atoms with Crippen molar-refractivity contribution in [2.75, 3.05) is 0 Å². The molecule has 1 saturated carbocycles. The molecule has 1 aromatic rings. The molecule has 0 radical (unpaired) electrons. The Morgan fingerprint density at radius 1 is 1.13 bits per heavy atom. The maximum absolute atomic E-state index is 11.7. The second-order valence-electron chi connectivity index (χ2n) is 5.83. The van der Waals surface area contributed by atoms with Crippen molar-refractivity contribution < 1.29 is 29.1 Å². The largest absolute Gasteiger partial charge is 0.543 e. The van der Waals surface area contributed by atoms with Crippen molar-refractivity contribution in [2.45, 2.75) is 52.1 Å². The normalized spacial score (nSPS) is 20.6. The van der Waals surface area contributed by atoms with E-state index in [0.29, 0.717) is 11.5 Å². The summed E-state index contributed by atoms with van der Waals surface area (Å²) in [7, 11) is 0. The highest BCUT2D eigenvalue weighted by atomic mass is 17.5. The molecule has 1 aliphatic carbocycles. The number of carbonyl (C=O) groups excluding carboxylic acids is 2. The predicted octanol–water partition coefficient (Wildman–Crippen LogP) is 3.98. The van der Waals surface area contributed by atoms with Crippen LogP contribution in [0.4, 0.5) is 4.79 Å². The van der Waals surface area contributed by atoms with Gasteiger partial charge in [0.2, 0.25) is 0 Å². The molecule has 1 aliphatic rings. The second-order valence-corrected chi connectivity index (χ2v) is 5.83. The van der Waals surface area contributed by atoms with E-state index in [2.05, 4.69) is 21.7 Å². The van der Waals surface area contributed by atoms with Crippen molar-refractivity contribution in [1.29, 1.82) is 0 Å². The van der Waals surface area contributed by atoms with Crippen LogP contribution in [0.25, 0.3) is 0 Å². The summed E-state index contributed by atoms with van der Waals surface area (Å²) in [6.45, 7) is 4.13. The molecule has 1 fully saturated rings. The molecular formula is C17H22O6. The molecule has 6 heteroatoms. The van der Waals surface area contributed by atoms with Crippen molar-refractivity contribution in [3.63, 3.8) is 0 Å². The number of ether oxygens (including phenoxy) is 1. The van der Waals surface area contributed by atoms with E-state index in [1.165, 1.54) is 0 Å². The Hall–Kier alpha value is -2.08. The van der Waals surface area contributed by atoms with Crippen LogP contribution in [0.5, 0.6) is 0 Å². The molecule has 0 saturated heterocycles. The Kier molecular flexibility index (Phi) is 6.40. The summed E-state index contributed by atoms with van der Waals surface area (Å²) < 4.78 is 5.10. The quantitative estimate of drug-likeness (QED) is 0.464. The lowest BCUT2D eigenvalue weighted by Gasteiger charge is -2.25. The standard InChI is InChI=1S/C17H22O6/c1-3-13-7-9-14(10-8-13)16(18)21-23-22-17(19)20-15-6-4-5-12(2)11-15/h7-10,12,15H,3-6,11H2,1-2H3. The van der Waals surface area contributed by atoms with Crippen molar-refractivity contribution >= 4 is 12.1 Å². The van der Waals surface area contributed by atoms with E-state index in [1.807, 2.05) is 19.1 Å². The third-order valence-electron chi connectivity index (χ3n) is 3.96. The minimum absolute atomic E-state index is 0.174. The van der Waals surface area contributed by atoms with E-state index in [9.17, 15) is 9.59 Å². The van der Waals surface area contributed by atoms with Crippen LogP contribution in [0, 0.1) is 5.92 Å². The maximum atomic E-state index is 11.7. The van der Waals surface area contributed by atoms with E-state index in [-0.39, 0.29) is 6.10 Å². The van der Waals surface area contributed by atoms with Gasteiger partial charge in [-0.1, -0.05) is 32.4 Å². The van der Waals surface area contributed by atoms with Crippen LogP contribution in [0.2, 0.25) is 0 Å². The summed E-state index contributed by atoms with van der Waals surface area (Å²) in [6, 6.07) is 6.87. The van der Waals surface area contributed by atoms with Gasteiger partial charge in [0.25, 0.3) is 0 Å². The van der Waals surface area contributed by atoms with E-state index in [0.717, 1.165) is 37.7 Å². The average Bonchev–Trinajstić information content (AvgIpc) is 2.55. The Labute approximate surface area is 135 Å². The van der Waals surface area contributed by atoms with Crippen LogP contribution in [0.3, 0.4) is 0 Å². The lowest BCUT2D eigenvalue weighted by molar-refractivity contribution is -0.453. The smallest absolute Gasteiger partial charge is 0.429 e. The Bertz CT molecular complexity index is 524. The highest BCUT2D eigenvalue weighted by Gasteiger charge is 2.23. The fraction of sp³-hybridized carbons (Fsp3) is 0.529. The first-order chi connectivity index (χ1) is 11.1. The summed E-state index contributed by atoms with van der Waals surface area (Å²) in [6.07, 6.45) is 3.47. The van der Waals surface area contributed by atoms with Crippen molar-refractivity contribution in [2.24, 2.45) is 5.92 Å². The first kappa shape index (κ1) is 17.3. The molecule has 0 spiro atoms. The molecule has 0 amide bonds. The first-order valence-corrected chi connectivity index (χ1v) is 7.93. The van der Waals surface area contributed by atoms with Crippen molar-refractivity contribution in [3.05, 3.63) is 35.4 Å². The van der Waals surface area contributed by atoms with E-state index in [4.69, 9.17) is 4.74 Å². The number of hydrogen-bond donors (Lipinski definition) is 0. The van der Waals surface area contributed by atoms with E-state index < -0.39 is 12.1 Å². The summed E-state index contributed by atoms with van der Waals surface area (Å²) in [5.74, 6) is -0.224. The lowest BCUT2D eigenvalue weighted by atomic mass is 9.89. The molecule has 0 bridgehead atoms. The topological polar surface area (TPSA) is 71.1 Å². The molecule has 0 aromatic heterocycles. The molecule has 2 atom stereocenters. The molecule has 6 nitrogen and oxygen atoms in total. The third-order valence-corrected chi connectivity index (χ3v) is 3.96. The summed E-state index contributed by atoms with van der Waals surface area (Å²) in [5, 5.41) is 4.21. The van der Waals surface area contributed by atoms with Gasteiger partial charge in [-0.15, -0.1) is 0 Å². The number of rotatable bonds is 5. The van der Waals surface area contributed by atoms with Crippen LogP contribution in [-0.4, -0.2) is 18.2 Å². The lowest BCUT2D eigenvalue weighted by Crippen LogP contribution is -2.25. The Morgan fingerprint density at radius 3 is 2.52 bits per heavy atom. The Morgan fingerprint density at radius 2 is 1.87 bits per heavy atom. The van der Waals surface area contributed by atoms with Gasteiger partial charge in [0, 0.05) is 0 Å². The fourth-order valence-corrected chi connectivity index (χ4v) is 2.64. The minimum atomic E-state index is -1.00. The van der Waals surface area contributed by atoms with Gasteiger partial charge >= 0.3 is 12.1 Å². The molecule has 2 rings (SSSR count). The fourth-order valence-electron chi connectivity index (χ4n) is 2.64. The van der Waals surface area contributed by atoms with Gasteiger partial charge in [-0.25, -0.2) is 14.5 Å². The average molecular weight is 322 g/mol. The molecule has 0 aliphatic heterocycles. The number of aryl methyl sites for hydroxylation is 1. The van der Waals surface area contributed by atoms with Crippen molar-refractivity contribution in [3.8, 4) is 0 Å². The van der Waals surface area contributed by atoms with E-state index >= 15 is 0 Å². The second kappa shape index (κ2) is 8.53. The van der Waals surface area contributed by atoms with Crippen LogP contribution in [0.15, 0.2) is 24.3 Å². The zero-order valence-electron chi connectivity index (χ0n) is 13.4. The maximum Gasteiger partial charge on any atom is 0.543 e. The molecule has 1 aromatic carbocycles. The molecule has 0 N–H and O–H groups in total. The summed E-state index contributed by atoms with van der Waals surface area (Å²) in [5.41, 5.74) is 1.41. The molecule has 126 valence electrons. The van der Waals surface area contributed by atoms with Crippen LogP contribution in [-0.2, 0) is 26.0 Å². The van der Waals surface area contributed by atoms with E-state index in [1.54, 1.807) is 12.1 Å². The zero-order valence-corrected chi connectivity index (χ0v) is 13.4. The monoisotopic (exact) mass is 322 g/mol. The van der Waals surface area contributed by atoms with Gasteiger partial charge in [0.1, 0.15) is 6.10 Å². The molecule has 2 unspecified atom stereocenters. The van der Waals surface area contributed by atoms with Gasteiger partial charge in [-0.3, -0.25) is 4.89 Å². The number of hydrogen-bond acceptors (Lipinski definition) is 6. The van der Waals surface area contributed by atoms with Crippen molar-refractivity contribution in [1.82, 2.24) is 0 Å².